The Morgan fingerprint density at radius 2 is 1.64 bits per heavy atom. The third kappa shape index (κ3) is 10.8. The number of aliphatic hydroxyl groups excluding tert-OH is 1. The van der Waals surface area contributed by atoms with Gasteiger partial charge in [-0.2, -0.15) is 5.10 Å². The monoisotopic (exact) mass is 736 g/mol. The second-order valence-corrected chi connectivity index (χ2v) is 14.7. The van der Waals surface area contributed by atoms with Crippen LogP contribution in [0.5, 0.6) is 0 Å². The Hall–Kier alpha value is -5.44. The van der Waals surface area contributed by atoms with E-state index in [9.17, 15) is 33.5 Å². The van der Waals surface area contributed by atoms with Gasteiger partial charge < -0.3 is 25.4 Å². The van der Waals surface area contributed by atoms with Crippen molar-refractivity contribution < 1.29 is 42.6 Å². The van der Waals surface area contributed by atoms with Gasteiger partial charge in [0.25, 0.3) is 11.8 Å². The van der Waals surface area contributed by atoms with E-state index in [2.05, 4.69) is 10.6 Å². The fourth-order valence-electron chi connectivity index (χ4n) is 5.96. The molecule has 0 saturated carbocycles. The summed E-state index contributed by atoms with van der Waals surface area (Å²) in [5.74, 6) is -3.83. The Bertz CT molecular complexity index is 1830. The molecule has 284 valence electrons. The lowest BCUT2D eigenvalue weighted by molar-refractivity contribution is -0.140. The molecular weight excluding hydrogens is 690 g/mol. The normalized spacial score (nSPS) is 14.2. The molecule has 2 unspecified atom stereocenters. The maximum absolute atomic E-state index is 15.1. The molecule has 0 radical (unpaired) electrons. The topological polar surface area (TPSA) is 163 Å². The van der Waals surface area contributed by atoms with Crippen LogP contribution in [0.3, 0.4) is 0 Å². The third-order valence-corrected chi connectivity index (χ3v) is 8.26. The molecule has 0 bridgehead atoms. The predicted molar refractivity (Wildman–Crippen MR) is 190 cm³/mol. The van der Waals surface area contributed by atoms with Crippen LogP contribution in [-0.4, -0.2) is 92.3 Å². The van der Waals surface area contributed by atoms with Gasteiger partial charge in [-0.1, -0.05) is 51.1 Å². The van der Waals surface area contributed by atoms with Crippen molar-refractivity contribution in [2.24, 2.45) is 5.41 Å². The van der Waals surface area contributed by atoms with E-state index >= 15 is 4.39 Å². The zero-order valence-corrected chi connectivity index (χ0v) is 30.7. The molecule has 3 aromatic rings. The number of carbonyl (C=O) groups excluding carboxylic acids is 5. The first kappa shape index (κ1) is 40.3. The van der Waals surface area contributed by atoms with Crippen LogP contribution in [0.1, 0.15) is 70.8 Å². The Labute approximate surface area is 307 Å². The number of amides is 5. The second kappa shape index (κ2) is 16.9. The van der Waals surface area contributed by atoms with Crippen LogP contribution in [0, 0.1) is 17.0 Å². The van der Waals surface area contributed by atoms with E-state index in [0.29, 0.717) is 17.7 Å². The Morgan fingerprint density at radius 1 is 0.981 bits per heavy atom. The van der Waals surface area contributed by atoms with Gasteiger partial charge in [0.1, 0.15) is 35.6 Å². The highest BCUT2D eigenvalue weighted by Crippen LogP contribution is 2.40. The van der Waals surface area contributed by atoms with E-state index in [4.69, 9.17) is 9.84 Å². The quantitative estimate of drug-likeness (QED) is 0.210. The van der Waals surface area contributed by atoms with Gasteiger partial charge in [0.2, 0.25) is 11.8 Å². The smallest absolute Gasteiger partial charge is 0.408 e. The zero-order chi connectivity index (χ0) is 39.1. The zero-order valence-electron chi connectivity index (χ0n) is 30.7. The van der Waals surface area contributed by atoms with E-state index in [1.54, 1.807) is 27.0 Å². The molecular formula is C38H46F2N6O7. The molecule has 15 heteroatoms. The number of benzene rings is 2. The fraction of sp³-hybridized carbons (Fsp3) is 0.421. The Kier molecular flexibility index (Phi) is 12.9. The largest absolute Gasteiger partial charge is 0.444 e. The van der Waals surface area contributed by atoms with Crippen LogP contribution in [0.15, 0.2) is 66.9 Å². The molecule has 0 aliphatic carbocycles. The number of nitrogens with zero attached hydrogens (tertiary/aromatic N) is 4. The van der Waals surface area contributed by atoms with Crippen molar-refractivity contribution >= 4 is 29.7 Å². The van der Waals surface area contributed by atoms with Gasteiger partial charge in [-0.3, -0.25) is 24.1 Å². The van der Waals surface area contributed by atoms with Crippen LogP contribution < -0.4 is 10.6 Å². The van der Waals surface area contributed by atoms with E-state index < -0.39 is 71.1 Å². The number of ether oxygens (including phenoxy) is 1. The van der Waals surface area contributed by atoms with Crippen molar-refractivity contribution in [1.29, 1.82) is 0 Å². The number of halogens is 2. The summed E-state index contributed by atoms with van der Waals surface area (Å²) in [6, 6.07) is 10.2. The minimum atomic E-state index is -1.27. The molecule has 53 heavy (non-hydrogen) atoms. The SMILES string of the molecule is CC(C)(C)OC(=O)NC(CCN(C(=O)CO)C(c1nn(-c2cc(F)ccc2F)cc1Cc1ccccc1)C(C)(C)C)C(=O)NCCN1C(=O)C=CC1=O. The lowest BCUT2D eigenvalue weighted by Crippen LogP contribution is -2.52. The van der Waals surface area contributed by atoms with Crippen molar-refractivity contribution in [2.75, 3.05) is 26.2 Å². The van der Waals surface area contributed by atoms with Gasteiger partial charge in [-0.05, 0) is 50.3 Å². The molecule has 2 atom stereocenters. The van der Waals surface area contributed by atoms with Crippen LogP contribution >= 0.6 is 0 Å². The summed E-state index contributed by atoms with van der Waals surface area (Å²) < 4.78 is 36.0. The first-order valence-corrected chi connectivity index (χ1v) is 17.2. The number of nitrogens with one attached hydrogen (secondary N) is 2. The molecule has 3 N–H and O–H groups in total. The average Bonchev–Trinajstić information content (AvgIpc) is 3.63. The van der Waals surface area contributed by atoms with Crippen LogP contribution in [-0.2, 0) is 30.3 Å². The minimum Gasteiger partial charge on any atom is -0.444 e. The molecule has 2 heterocycles. The molecule has 1 aromatic heterocycles. The van der Waals surface area contributed by atoms with Crippen molar-refractivity contribution in [3.63, 3.8) is 0 Å². The summed E-state index contributed by atoms with van der Waals surface area (Å²) in [6.45, 7) is 9.18. The fourth-order valence-corrected chi connectivity index (χ4v) is 5.96. The van der Waals surface area contributed by atoms with Gasteiger partial charge in [0.15, 0.2) is 0 Å². The number of carbonyl (C=O) groups is 5. The maximum Gasteiger partial charge on any atom is 0.408 e. The van der Waals surface area contributed by atoms with Gasteiger partial charge in [0, 0.05) is 56.0 Å². The number of alkyl carbamates (subject to hydrolysis) is 1. The van der Waals surface area contributed by atoms with Crippen LogP contribution in [0.4, 0.5) is 13.6 Å². The van der Waals surface area contributed by atoms with E-state index in [-0.39, 0.29) is 31.7 Å². The molecule has 1 aliphatic heterocycles. The highest BCUT2D eigenvalue weighted by Gasteiger charge is 2.39. The molecule has 4 rings (SSSR count). The van der Waals surface area contributed by atoms with Gasteiger partial charge in [0.05, 0.1) is 11.7 Å². The number of rotatable bonds is 14. The molecule has 0 saturated heterocycles. The number of aromatic nitrogens is 2. The second-order valence-electron chi connectivity index (χ2n) is 14.7. The summed E-state index contributed by atoms with van der Waals surface area (Å²) in [7, 11) is 0. The van der Waals surface area contributed by atoms with Gasteiger partial charge in [-0.25, -0.2) is 18.3 Å². The molecule has 1 aliphatic rings. The number of hydrogen-bond acceptors (Lipinski definition) is 8. The first-order chi connectivity index (χ1) is 24.9. The molecule has 2 aromatic carbocycles. The predicted octanol–water partition coefficient (Wildman–Crippen LogP) is 3.97. The summed E-state index contributed by atoms with van der Waals surface area (Å²) in [5, 5.41) is 20.1. The summed E-state index contributed by atoms with van der Waals surface area (Å²) in [6.07, 6.45) is 3.06. The standard InChI is InChI=1S/C38H46F2N6O7/c1-37(2,3)34(33-25(20-24-10-8-7-9-11-24)22-46(43-33)29-21-26(39)12-13-27(29)40)45(32(50)23-47)18-16-28(42-36(52)53-38(4,5)6)35(51)41-17-19-44-30(48)14-15-31(44)49/h7-15,21-22,28,34,47H,16-20,23H2,1-6H3,(H,41,51)(H,42,52). The average molecular weight is 737 g/mol. The molecule has 5 amide bonds. The van der Waals surface area contributed by atoms with Crippen LogP contribution in [0.25, 0.3) is 5.69 Å². The maximum atomic E-state index is 15.1. The van der Waals surface area contributed by atoms with Crippen LogP contribution in [0.2, 0.25) is 0 Å². The summed E-state index contributed by atoms with van der Waals surface area (Å²) in [5.41, 5.74) is -0.00912. The number of aliphatic hydroxyl groups is 1. The highest BCUT2D eigenvalue weighted by atomic mass is 19.1. The minimum absolute atomic E-state index is 0.116. The first-order valence-electron chi connectivity index (χ1n) is 17.2. The Balaban J connectivity index is 1.70. The van der Waals surface area contributed by atoms with Crippen molar-refractivity contribution in [1.82, 2.24) is 30.2 Å². The lowest BCUT2D eigenvalue weighted by Gasteiger charge is -2.40. The van der Waals surface area contributed by atoms with Gasteiger partial charge in [-0.15, -0.1) is 0 Å². The number of hydrogen-bond donors (Lipinski definition) is 3. The lowest BCUT2D eigenvalue weighted by atomic mass is 9.81. The van der Waals surface area contributed by atoms with Gasteiger partial charge >= 0.3 is 6.09 Å². The van der Waals surface area contributed by atoms with E-state index in [1.165, 1.54) is 9.58 Å². The molecule has 13 nitrogen and oxygen atoms in total. The molecule has 0 fully saturated rings. The Morgan fingerprint density at radius 3 is 2.25 bits per heavy atom. The van der Waals surface area contributed by atoms with E-state index in [0.717, 1.165) is 40.8 Å². The van der Waals surface area contributed by atoms with Crippen molar-refractivity contribution in [3.05, 3.63) is 95.3 Å². The highest BCUT2D eigenvalue weighted by molar-refractivity contribution is 6.12. The van der Waals surface area contributed by atoms with Crippen molar-refractivity contribution in [3.8, 4) is 5.69 Å². The summed E-state index contributed by atoms with van der Waals surface area (Å²) in [4.78, 5) is 66.3. The molecule has 0 spiro atoms. The summed E-state index contributed by atoms with van der Waals surface area (Å²) >= 11 is 0. The van der Waals surface area contributed by atoms with E-state index in [1.807, 2.05) is 51.1 Å². The van der Waals surface area contributed by atoms with Crippen molar-refractivity contribution in [2.45, 2.75) is 72.1 Å². The number of imide groups is 1. The third-order valence-electron chi connectivity index (χ3n) is 8.26.